The molecule has 2 aromatic rings. The van der Waals surface area contributed by atoms with Crippen molar-refractivity contribution in [3.05, 3.63) is 47.3 Å². The van der Waals surface area contributed by atoms with E-state index in [4.69, 9.17) is 0 Å². The molecule has 0 aliphatic carbocycles. The van der Waals surface area contributed by atoms with Gasteiger partial charge in [0.25, 0.3) is 0 Å². The zero-order valence-corrected chi connectivity index (χ0v) is 18.5. The number of hydrogen-bond donors (Lipinski definition) is 0. The fraction of sp³-hybridized carbons (Fsp3) is 0.542. The average Bonchev–Trinajstić information content (AvgIpc) is 3.49. The number of aromatic nitrogens is 2. The van der Waals surface area contributed by atoms with Gasteiger partial charge in [0.05, 0.1) is 11.8 Å². The van der Waals surface area contributed by atoms with Crippen molar-refractivity contribution in [2.45, 2.75) is 33.2 Å². The van der Waals surface area contributed by atoms with Crippen molar-refractivity contribution in [3.8, 4) is 0 Å². The Balaban J connectivity index is 1.19. The van der Waals surface area contributed by atoms with Crippen LogP contribution < -0.4 is 4.90 Å². The van der Waals surface area contributed by atoms with Crippen LogP contribution in [0, 0.1) is 18.8 Å². The number of nitrogens with zero attached hydrogens (tertiary/aromatic N) is 5. The van der Waals surface area contributed by atoms with Crippen LogP contribution in [0.3, 0.4) is 0 Å². The third-order valence-corrected chi connectivity index (χ3v) is 7.02. The molecule has 1 aromatic carbocycles. The summed E-state index contributed by atoms with van der Waals surface area (Å²) in [6, 6.07) is 6.87. The van der Waals surface area contributed by atoms with Crippen molar-refractivity contribution in [1.29, 1.82) is 0 Å². The summed E-state index contributed by atoms with van der Waals surface area (Å²) in [7, 11) is 0. The number of rotatable bonds is 4. The summed E-state index contributed by atoms with van der Waals surface area (Å²) in [6.45, 7) is 10.6. The number of fused-ring (bicyclic) bond motifs is 1. The topological polar surface area (TPSA) is 61.7 Å². The summed E-state index contributed by atoms with van der Waals surface area (Å²) in [5.41, 5.74) is 4.57. The van der Waals surface area contributed by atoms with Crippen LogP contribution in [0.5, 0.6) is 0 Å². The molecule has 0 radical (unpaired) electrons. The minimum Gasteiger partial charge on any atom is -0.372 e. The summed E-state index contributed by atoms with van der Waals surface area (Å²) in [5.74, 6) is 0.946. The maximum absolute atomic E-state index is 12.8. The number of anilines is 1. The second kappa shape index (κ2) is 8.11. The van der Waals surface area contributed by atoms with Gasteiger partial charge in [-0.1, -0.05) is 6.07 Å². The molecule has 3 fully saturated rings. The molecule has 0 bridgehead atoms. The van der Waals surface area contributed by atoms with Crippen LogP contribution in [0.1, 0.15) is 41.3 Å². The van der Waals surface area contributed by atoms with E-state index in [0.29, 0.717) is 17.4 Å². The highest BCUT2D eigenvalue weighted by Crippen LogP contribution is 2.33. The molecule has 4 heterocycles. The highest BCUT2D eigenvalue weighted by atomic mass is 16.2. The molecule has 164 valence electrons. The van der Waals surface area contributed by atoms with E-state index < -0.39 is 0 Å². The second-order valence-electron chi connectivity index (χ2n) is 9.50. The van der Waals surface area contributed by atoms with Gasteiger partial charge >= 0.3 is 6.03 Å². The molecule has 0 N–H and O–H groups in total. The Hall–Kier alpha value is -2.67. The summed E-state index contributed by atoms with van der Waals surface area (Å²) >= 11 is 0. The third kappa shape index (κ3) is 4.11. The lowest BCUT2D eigenvalue weighted by molar-refractivity contribution is 0.101. The minimum atomic E-state index is -0.123. The van der Waals surface area contributed by atoms with Gasteiger partial charge in [-0.05, 0) is 61.8 Å². The van der Waals surface area contributed by atoms with Gasteiger partial charge in [0.1, 0.15) is 0 Å². The highest BCUT2D eigenvalue weighted by Gasteiger charge is 2.42. The smallest absolute Gasteiger partial charge is 0.344 e. The molecule has 3 aliphatic rings. The number of aryl methyl sites for hydroxylation is 1. The number of benzene rings is 1. The quantitative estimate of drug-likeness (QED) is 0.710. The van der Waals surface area contributed by atoms with Crippen LogP contribution in [0.25, 0.3) is 0 Å². The van der Waals surface area contributed by atoms with Gasteiger partial charge in [-0.15, -0.1) is 0 Å². The average molecular weight is 422 g/mol. The molecule has 2 unspecified atom stereocenters. The summed E-state index contributed by atoms with van der Waals surface area (Å²) in [5, 5.41) is 4.09. The number of ketones is 1. The largest absolute Gasteiger partial charge is 0.372 e. The molecule has 7 nitrogen and oxygen atoms in total. The van der Waals surface area contributed by atoms with Gasteiger partial charge in [-0.25, -0.2) is 4.79 Å². The lowest BCUT2D eigenvalue weighted by Gasteiger charge is -2.23. The van der Waals surface area contributed by atoms with Crippen LogP contribution in [0.4, 0.5) is 10.5 Å². The monoisotopic (exact) mass is 421 g/mol. The molecule has 5 rings (SSSR count). The van der Waals surface area contributed by atoms with Crippen molar-refractivity contribution >= 4 is 17.5 Å². The van der Waals surface area contributed by atoms with Crippen LogP contribution in [0.2, 0.25) is 0 Å². The molecule has 0 saturated carbocycles. The van der Waals surface area contributed by atoms with E-state index in [9.17, 15) is 9.59 Å². The fourth-order valence-electron chi connectivity index (χ4n) is 5.48. The Bertz CT molecular complexity index is 980. The first-order valence-electron chi connectivity index (χ1n) is 11.4. The Morgan fingerprint density at radius 2 is 1.74 bits per heavy atom. The summed E-state index contributed by atoms with van der Waals surface area (Å²) in [6.07, 6.45) is 5.60. The van der Waals surface area contributed by atoms with E-state index in [0.717, 1.165) is 32.7 Å². The molecular formula is C24H31N5O2. The van der Waals surface area contributed by atoms with Gasteiger partial charge < -0.3 is 9.80 Å². The van der Waals surface area contributed by atoms with Gasteiger partial charge in [0.2, 0.25) is 0 Å². The molecule has 3 saturated heterocycles. The number of Topliss-reactive ketones (excluding diaryl/α,β-unsaturated/α-hetero) is 1. The maximum Gasteiger partial charge on any atom is 0.344 e. The van der Waals surface area contributed by atoms with Crippen LogP contribution >= 0.6 is 0 Å². The molecule has 1 amide bonds. The molecule has 2 atom stereocenters. The van der Waals surface area contributed by atoms with Gasteiger partial charge in [0, 0.05) is 57.7 Å². The summed E-state index contributed by atoms with van der Waals surface area (Å²) in [4.78, 5) is 31.2. The Labute approximate surface area is 183 Å². The standard InChI is InChI=1S/C24H31N5O2/c1-17-7-19(9-23(8-17)27-5-3-4-6-27)11-26-12-21-14-28(15-22(21)13-26)24(31)29-16-20(10-25-29)18(2)30/h7-10,16,21-22H,3-6,11-15H2,1-2H3. The van der Waals surface area contributed by atoms with E-state index in [2.05, 4.69) is 40.0 Å². The Morgan fingerprint density at radius 1 is 1.03 bits per heavy atom. The minimum absolute atomic E-state index is 0.0722. The first kappa shape index (κ1) is 20.2. The predicted octanol–water partition coefficient (Wildman–Crippen LogP) is 3.03. The highest BCUT2D eigenvalue weighted by molar-refractivity contribution is 5.94. The molecule has 3 aliphatic heterocycles. The van der Waals surface area contributed by atoms with E-state index in [1.807, 2.05) is 4.90 Å². The van der Waals surface area contributed by atoms with Crippen molar-refractivity contribution in [2.75, 3.05) is 44.2 Å². The normalized spacial score (nSPS) is 23.5. The zero-order chi connectivity index (χ0) is 21.5. The molecule has 7 heteroatoms. The van der Waals surface area contributed by atoms with Gasteiger partial charge in [-0.2, -0.15) is 9.78 Å². The SMILES string of the molecule is CC(=O)c1cnn(C(=O)N2CC3CN(Cc4cc(C)cc(N5CCCC5)c4)CC3C2)c1. The lowest BCUT2D eigenvalue weighted by atomic mass is 10.0. The predicted molar refractivity (Wildman–Crippen MR) is 119 cm³/mol. The van der Waals surface area contributed by atoms with E-state index in [-0.39, 0.29) is 11.8 Å². The van der Waals surface area contributed by atoms with Crippen LogP contribution in [0.15, 0.2) is 30.6 Å². The van der Waals surface area contributed by atoms with Crippen molar-refractivity contribution in [2.24, 2.45) is 11.8 Å². The molecule has 1 aromatic heterocycles. The fourth-order valence-corrected chi connectivity index (χ4v) is 5.48. The van der Waals surface area contributed by atoms with Gasteiger partial charge in [-0.3, -0.25) is 9.69 Å². The number of hydrogen-bond acceptors (Lipinski definition) is 5. The maximum atomic E-state index is 12.8. The third-order valence-electron chi connectivity index (χ3n) is 7.02. The van der Waals surface area contributed by atoms with Crippen LogP contribution in [-0.4, -0.2) is 70.7 Å². The van der Waals surface area contributed by atoms with E-state index >= 15 is 0 Å². The number of carbonyl (C=O) groups is 2. The molecule has 31 heavy (non-hydrogen) atoms. The first-order chi connectivity index (χ1) is 15.0. The van der Waals surface area contributed by atoms with Gasteiger partial charge in [0.15, 0.2) is 5.78 Å². The molecule has 0 spiro atoms. The number of likely N-dealkylation sites (tertiary alicyclic amines) is 2. The number of carbonyl (C=O) groups excluding carboxylic acids is 2. The molecular weight excluding hydrogens is 390 g/mol. The number of amides is 1. The lowest BCUT2D eigenvalue weighted by Crippen LogP contribution is -2.36. The van der Waals surface area contributed by atoms with Crippen LogP contribution in [-0.2, 0) is 6.54 Å². The Morgan fingerprint density at radius 3 is 2.39 bits per heavy atom. The van der Waals surface area contributed by atoms with E-state index in [1.54, 1.807) is 6.20 Å². The summed E-state index contributed by atoms with van der Waals surface area (Å²) < 4.78 is 1.31. The van der Waals surface area contributed by atoms with Crippen molar-refractivity contribution in [1.82, 2.24) is 19.6 Å². The van der Waals surface area contributed by atoms with E-state index in [1.165, 1.54) is 60.5 Å². The zero-order valence-electron chi connectivity index (χ0n) is 18.5. The van der Waals surface area contributed by atoms with Crippen molar-refractivity contribution in [3.63, 3.8) is 0 Å². The van der Waals surface area contributed by atoms with Crippen molar-refractivity contribution < 1.29 is 9.59 Å². The first-order valence-corrected chi connectivity index (χ1v) is 11.4. The second-order valence-corrected chi connectivity index (χ2v) is 9.50. The Kier molecular flexibility index (Phi) is 5.30.